The fraction of sp³-hybridized carbons (Fsp3) is 0.368. The third-order valence-corrected chi connectivity index (χ3v) is 4.51. The number of aryl methyl sites for hydroxylation is 2. The first-order valence-electron chi connectivity index (χ1n) is 7.83. The third kappa shape index (κ3) is 2.90. The number of halogens is 3. The van der Waals surface area contributed by atoms with Gasteiger partial charge in [0.15, 0.2) is 11.6 Å². The molecule has 0 saturated carbocycles. The van der Waals surface area contributed by atoms with Gasteiger partial charge in [-0.2, -0.15) is 0 Å². The van der Waals surface area contributed by atoms with Crippen molar-refractivity contribution in [3.8, 4) is 0 Å². The van der Waals surface area contributed by atoms with Crippen molar-refractivity contribution < 1.29 is 13.2 Å². The lowest BCUT2D eigenvalue weighted by Crippen LogP contribution is -2.15. The average Bonchev–Trinajstić information content (AvgIpc) is 2.49. The second-order valence-corrected chi connectivity index (χ2v) is 6.08. The molecular formula is C19H19F3. The first kappa shape index (κ1) is 15.1. The van der Waals surface area contributed by atoms with Gasteiger partial charge in [-0.25, -0.2) is 13.2 Å². The lowest BCUT2D eigenvalue weighted by atomic mass is 9.79. The summed E-state index contributed by atoms with van der Waals surface area (Å²) in [4.78, 5) is 0. The van der Waals surface area contributed by atoms with Crippen LogP contribution in [0.4, 0.5) is 13.2 Å². The monoisotopic (exact) mass is 304 g/mol. The molecule has 1 unspecified atom stereocenters. The topological polar surface area (TPSA) is 0 Å². The number of rotatable bonds is 3. The molecule has 0 aromatic heterocycles. The van der Waals surface area contributed by atoms with Gasteiger partial charge < -0.3 is 0 Å². The van der Waals surface area contributed by atoms with Gasteiger partial charge in [-0.1, -0.05) is 25.5 Å². The highest BCUT2D eigenvalue weighted by Crippen LogP contribution is 2.35. The molecule has 1 aliphatic carbocycles. The van der Waals surface area contributed by atoms with Gasteiger partial charge in [0.1, 0.15) is 5.82 Å². The molecule has 2 aromatic carbocycles. The van der Waals surface area contributed by atoms with Crippen molar-refractivity contribution in [2.75, 3.05) is 0 Å². The molecule has 0 spiro atoms. The second-order valence-electron chi connectivity index (χ2n) is 6.08. The predicted octanol–water partition coefficient (Wildman–Crippen LogP) is 5.33. The molecule has 22 heavy (non-hydrogen) atoms. The Hall–Kier alpha value is -1.77. The second kappa shape index (κ2) is 6.15. The van der Waals surface area contributed by atoms with Gasteiger partial charge in [-0.3, -0.25) is 0 Å². The van der Waals surface area contributed by atoms with E-state index in [1.54, 1.807) is 6.07 Å². The minimum absolute atomic E-state index is 0.0352. The number of hydrogen-bond donors (Lipinski definition) is 0. The number of fused-ring (bicyclic) bond motifs is 1. The predicted molar refractivity (Wildman–Crippen MR) is 81.5 cm³/mol. The van der Waals surface area contributed by atoms with E-state index in [2.05, 4.69) is 6.92 Å². The van der Waals surface area contributed by atoms with Gasteiger partial charge in [0.2, 0.25) is 0 Å². The van der Waals surface area contributed by atoms with E-state index < -0.39 is 11.6 Å². The SMILES string of the molecule is CCCc1ccc(C2CCc3cc(F)c(F)cc3C2)c(F)c1. The first-order chi connectivity index (χ1) is 10.6. The van der Waals surface area contributed by atoms with Crippen molar-refractivity contribution in [1.82, 2.24) is 0 Å². The zero-order chi connectivity index (χ0) is 15.7. The maximum atomic E-state index is 14.3. The molecule has 116 valence electrons. The maximum absolute atomic E-state index is 14.3. The van der Waals surface area contributed by atoms with Crippen molar-refractivity contribution >= 4 is 0 Å². The van der Waals surface area contributed by atoms with Gasteiger partial charge in [-0.05, 0) is 72.1 Å². The minimum atomic E-state index is -0.821. The molecule has 0 fully saturated rings. The van der Waals surface area contributed by atoms with Gasteiger partial charge in [0.25, 0.3) is 0 Å². The Morgan fingerprint density at radius 2 is 1.68 bits per heavy atom. The molecule has 0 bridgehead atoms. The summed E-state index contributed by atoms with van der Waals surface area (Å²) >= 11 is 0. The summed E-state index contributed by atoms with van der Waals surface area (Å²) in [5.41, 5.74) is 3.34. The minimum Gasteiger partial charge on any atom is -0.207 e. The van der Waals surface area contributed by atoms with Crippen LogP contribution in [0, 0.1) is 17.5 Å². The number of hydrogen-bond acceptors (Lipinski definition) is 0. The Morgan fingerprint density at radius 3 is 2.36 bits per heavy atom. The molecule has 0 N–H and O–H groups in total. The van der Waals surface area contributed by atoms with E-state index in [0.29, 0.717) is 18.4 Å². The lowest BCUT2D eigenvalue weighted by Gasteiger charge is -2.25. The molecular weight excluding hydrogens is 285 g/mol. The normalized spacial score (nSPS) is 17.4. The molecule has 0 heterocycles. The third-order valence-electron chi connectivity index (χ3n) is 4.51. The summed E-state index contributed by atoms with van der Waals surface area (Å²) in [5, 5.41) is 0. The summed E-state index contributed by atoms with van der Waals surface area (Å²) in [6.07, 6.45) is 3.85. The van der Waals surface area contributed by atoms with Crippen molar-refractivity contribution in [3.63, 3.8) is 0 Å². The van der Waals surface area contributed by atoms with Crippen molar-refractivity contribution in [2.45, 2.75) is 44.9 Å². The van der Waals surface area contributed by atoms with Crippen LogP contribution in [0.1, 0.15) is 47.9 Å². The van der Waals surface area contributed by atoms with Crippen molar-refractivity contribution in [1.29, 1.82) is 0 Å². The van der Waals surface area contributed by atoms with Gasteiger partial charge in [0, 0.05) is 0 Å². The summed E-state index contributed by atoms with van der Waals surface area (Å²) in [6, 6.07) is 7.99. The molecule has 3 rings (SSSR count). The van der Waals surface area contributed by atoms with E-state index in [0.717, 1.165) is 36.0 Å². The van der Waals surface area contributed by atoms with Crippen LogP contribution in [-0.4, -0.2) is 0 Å². The van der Waals surface area contributed by atoms with Crippen LogP contribution in [0.15, 0.2) is 30.3 Å². The maximum Gasteiger partial charge on any atom is 0.159 e. The Bertz CT molecular complexity index is 691. The Kier molecular flexibility index (Phi) is 4.23. The lowest BCUT2D eigenvalue weighted by molar-refractivity contribution is 0.492. The van der Waals surface area contributed by atoms with E-state index in [1.165, 1.54) is 12.1 Å². The molecule has 3 heteroatoms. The molecule has 0 aliphatic heterocycles. The standard InChI is InChI=1S/C19H19F3/c1-2-3-12-4-7-16(17(20)8-12)14-6-5-13-10-18(21)19(22)11-15(13)9-14/h4,7-8,10-11,14H,2-3,5-6,9H2,1H3. The van der Waals surface area contributed by atoms with Gasteiger partial charge >= 0.3 is 0 Å². The summed E-state index contributed by atoms with van der Waals surface area (Å²) in [6.45, 7) is 2.07. The summed E-state index contributed by atoms with van der Waals surface area (Å²) < 4.78 is 41.0. The van der Waals surface area contributed by atoms with Crippen molar-refractivity contribution in [2.24, 2.45) is 0 Å². The fourth-order valence-electron chi connectivity index (χ4n) is 3.36. The van der Waals surface area contributed by atoms with Crippen LogP contribution >= 0.6 is 0 Å². The molecule has 0 amide bonds. The molecule has 0 nitrogen and oxygen atoms in total. The largest absolute Gasteiger partial charge is 0.207 e. The van der Waals surface area contributed by atoms with Crippen molar-refractivity contribution in [3.05, 3.63) is 70.0 Å². The van der Waals surface area contributed by atoms with E-state index >= 15 is 0 Å². The van der Waals surface area contributed by atoms with E-state index in [4.69, 9.17) is 0 Å². The fourth-order valence-corrected chi connectivity index (χ4v) is 3.36. The summed E-state index contributed by atoms with van der Waals surface area (Å²) in [5.74, 6) is -1.76. The van der Waals surface area contributed by atoms with Crippen LogP contribution in [0.25, 0.3) is 0 Å². The highest BCUT2D eigenvalue weighted by atomic mass is 19.2. The van der Waals surface area contributed by atoms with E-state index in [1.807, 2.05) is 12.1 Å². The molecule has 1 atom stereocenters. The zero-order valence-electron chi connectivity index (χ0n) is 12.6. The van der Waals surface area contributed by atoms with Crippen LogP contribution < -0.4 is 0 Å². The molecule has 2 aromatic rings. The van der Waals surface area contributed by atoms with Gasteiger partial charge in [-0.15, -0.1) is 0 Å². The first-order valence-corrected chi connectivity index (χ1v) is 7.83. The van der Waals surface area contributed by atoms with Crippen LogP contribution in [0.5, 0.6) is 0 Å². The Labute approximate surface area is 129 Å². The summed E-state index contributed by atoms with van der Waals surface area (Å²) in [7, 11) is 0. The highest BCUT2D eigenvalue weighted by molar-refractivity contribution is 5.36. The zero-order valence-corrected chi connectivity index (χ0v) is 12.6. The van der Waals surface area contributed by atoms with Crippen LogP contribution in [0.2, 0.25) is 0 Å². The quantitative estimate of drug-likeness (QED) is 0.719. The molecule has 1 aliphatic rings. The molecule has 0 radical (unpaired) electrons. The number of benzene rings is 2. The molecule has 0 saturated heterocycles. The van der Waals surface area contributed by atoms with Gasteiger partial charge in [0.05, 0.1) is 0 Å². The van der Waals surface area contributed by atoms with E-state index in [-0.39, 0.29) is 11.7 Å². The average molecular weight is 304 g/mol. The highest BCUT2D eigenvalue weighted by Gasteiger charge is 2.24. The smallest absolute Gasteiger partial charge is 0.159 e. The van der Waals surface area contributed by atoms with E-state index in [9.17, 15) is 13.2 Å². The van der Waals surface area contributed by atoms with Crippen LogP contribution in [0.3, 0.4) is 0 Å². The van der Waals surface area contributed by atoms with Crippen LogP contribution in [-0.2, 0) is 19.3 Å². The Morgan fingerprint density at radius 1 is 0.955 bits per heavy atom. The Balaban J connectivity index is 1.86.